The highest BCUT2D eigenvalue weighted by atomic mass is 32.2. The Balaban J connectivity index is 1.93. The number of aliphatic hydroxyl groups is 2. The molecule has 0 saturated heterocycles. The summed E-state index contributed by atoms with van der Waals surface area (Å²) in [6, 6.07) is 4.52. The number of aliphatic hydroxyl groups excluding tert-OH is 1. The van der Waals surface area contributed by atoms with Gasteiger partial charge in [0.25, 0.3) is 11.5 Å². The fourth-order valence-corrected chi connectivity index (χ4v) is 4.57. The van der Waals surface area contributed by atoms with Gasteiger partial charge in [0.1, 0.15) is 12.6 Å². The molecule has 5 N–H and O–H groups in total. The first kappa shape index (κ1) is 29.3. The summed E-state index contributed by atoms with van der Waals surface area (Å²) in [5, 5.41) is 21.9. The van der Waals surface area contributed by atoms with E-state index in [0.29, 0.717) is 29.8 Å². The van der Waals surface area contributed by atoms with Crippen LogP contribution in [0.4, 0.5) is 32.0 Å². The van der Waals surface area contributed by atoms with Crippen molar-refractivity contribution >= 4 is 27.5 Å². The molecule has 2 aromatic carbocycles. The third-order valence-electron chi connectivity index (χ3n) is 5.69. The number of carbonyl (C=O) groups is 2. The first-order valence-electron chi connectivity index (χ1n) is 10.5. The van der Waals surface area contributed by atoms with E-state index in [2.05, 4.69) is 15.5 Å². The molecule has 0 spiro atoms. The summed E-state index contributed by atoms with van der Waals surface area (Å²) in [6.45, 7) is -1.14. The van der Waals surface area contributed by atoms with Crippen LogP contribution < -0.4 is 15.5 Å². The number of hydrogen-bond donors (Lipinski definition) is 5. The maximum atomic E-state index is 13.1. The maximum absolute atomic E-state index is 13.1. The number of nitrogens with one attached hydrogen (secondary N) is 3. The molecular weight excluding hydrogens is 550 g/mol. The van der Waals surface area contributed by atoms with Gasteiger partial charge in [-0.25, -0.2) is 13.1 Å². The summed E-state index contributed by atoms with van der Waals surface area (Å²) in [5.74, 6) is -1.82. The Labute approximate surface area is 211 Å². The summed E-state index contributed by atoms with van der Waals surface area (Å²) in [5.41, 5.74) is -4.13. The van der Waals surface area contributed by atoms with E-state index in [1.165, 1.54) is 25.2 Å². The first-order valence-corrected chi connectivity index (χ1v) is 11.9. The zero-order chi connectivity index (χ0) is 28.7. The van der Waals surface area contributed by atoms with Gasteiger partial charge in [0, 0.05) is 17.8 Å². The van der Waals surface area contributed by atoms with Crippen LogP contribution >= 0.6 is 0 Å². The molecule has 0 aromatic heterocycles. The van der Waals surface area contributed by atoms with Crippen molar-refractivity contribution in [2.24, 2.45) is 0 Å². The van der Waals surface area contributed by atoms with Crippen molar-refractivity contribution < 1.29 is 54.6 Å². The van der Waals surface area contributed by atoms with Crippen molar-refractivity contribution in [1.82, 2.24) is 15.2 Å². The van der Waals surface area contributed by atoms with Gasteiger partial charge in [-0.1, -0.05) is 18.2 Å². The van der Waals surface area contributed by atoms with E-state index in [4.69, 9.17) is 5.11 Å². The monoisotopic (exact) mass is 570 g/mol. The molecule has 3 rings (SSSR count). The van der Waals surface area contributed by atoms with Gasteiger partial charge in [-0.3, -0.25) is 15.0 Å². The Morgan fingerprint density at radius 2 is 1.61 bits per heavy atom. The van der Waals surface area contributed by atoms with Crippen LogP contribution in [0.3, 0.4) is 0 Å². The van der Waals surface area contributed by atoms with Crippen LogP contribution in [0.15, 0.2) is 47.4 Å². The average molecular weight is 570 g/mol. The number of alkyl halides is 6. The lowest BCUT2D eigenvalue weighted by atomic mass is 9.92. The molecule has 0 fully saturated rings. The predicted octanol–water partition coefficient (Wildman–Crippen LogP) is 1.43. The third kappa shape index (κ3) is 5.32. The predicted molar refractivity (Wildman–Crippen MR) is 117 cm³/mol. The van der Waals surface area contributed by atoms with E-state index in [-0.39, 0.29) is 22.7 Å². The number of halogens is 6. The third-order valence-corrected chi connectivity index (χ3v) is 7.10. The second-order valence-electron chi connectivity index (χ2n) is 8.06. The molecular formula is C21H20F6N4O6S. The quantitative estimate of drug-likeness (QED) is 0.317. The van der Waals surface area contributed by atoms with Crippen LogP contribution in [0, 0.1) is 0 Å². The van der Waals surface area contributed by atoms with Gasteiger partial charge < -0.3 is 15.5 Å². The molecule has 2 aromatic rings. The lowest BCUT2D eigenvalue weighted by Crippen LogP contribution is -2.53. The van der Waals surface area contributed by atoms with Crippen LogP contribution in [0.25, 0.3) is 0 Å². The number of rotatable bonds is 7. The first-order chi connectivity index (χ1) is 17.5. The van der Waals surface area contributed by atoms with E-state index in [1.807, 2.05) is 0 Å². The standard InChI is InChI=1S/C21H20F6N4O6S/c1-28-38(36,37)14-6-7-15-11(8-14)9-31(30-16(33)10-32)17(15)18(34)29-13-4-2-12(3-5-13)19(35,20(22,23)24)21(25,26)27/h2-8,17,28,32,35H,9-10H2,1H3,(H,29,34)(H,30,33). The number of hydrogen-bond acceptors (Lipinski definition) is 7. The van der Waals surface area contributed by atoms with Gasteiger partial charge in [-0.15, -0.1) is 0 Å². The van der Waals surface area contributed by atoms with E-state index < -0.39 is 58.0 Å². The van der Waals surface area contributed by atoms with Gasteiger partial charge >= 0.3 is 12.4 Å². The Hall–Kier alpha value is -3.25. The molecule has 0 saturated carbocycles. The zero-order valence-electron chi connectivity index (χ0n) is 19.2. The molecule has 0 bridgehead atoms. The number of benzene rings is 2. The second kappa shape index (κ2) is 10.1. The highest BCUT2D eigenvalue weighted by Crippen LogP contribution is 2.50. The van der Waals surface area contributed by atoms with Crippen molar-refractivity contribution in [2.45, 2.75) is 35.4 Å². The maximum Gasteiger partial charge on any atom is 0.430 e. The summed E-state index contributed by atoms with van der Waals surface area (Å²) in [7, 11) is -2.68. The number of carbonyl (C=O) groups excluding carboxylic acids is 2. The van der Waals surface area contributed by atoms with Crippen LogP contribution in [-0.2, 0) is 31.8 Å². The fourth-order valence-electron chi connectivity index (χ4n) is 3.79. The topological polar surface area (TPSA) is 148 Å². The molecule has 1 atom stereocenters. The molecule has 1 unspecified atom stereocenters. The lowest BCUT2D eigenvalue weighted by molar-refractivity contribution is -0.376. The van der Waals surface area contributed by atoms with Gasteiger partial charge in [-0.05, 0) is 42.4 Å². The molecule has 38 heavy (non-hydrogen) atoms. The minimum atomic E-state index is -6.09. The Bertz CT molecular complexity index is 1320. The number of hydrazine groups is 1. The SMILES string of the molecule is CNS(=O)(=O)c1ccc2c(c1)CN(NC(=O)CO)C2C(=O)Nc1ccc(C(O)(C(F)(F)F)C(F)(F)F)cc1. The number of sulfonamides is 1. The highest BCUT2D eigenvalue weighted by Gasteiger charge is 2.71. The van der Waals surface area contributed by atoms with Gasteiger partial charge in [0.05, 0.1) is 4.90 Å². The van der Waals surface area contributed by atoms with Crippen LogP contribution in [0.1, 0.15) is 22.7 Å². The summed E-state index contributed by atoms with van der Waals surface area (Å²) in [6.07, 6.45) is -12.2. The van der Waals surface area contributed by atoms with Crippen LogP contribution in [0.2, 0.25) is 0 Å². The van der Waals surface area contributed by atoms with Gasteiger partial charge in [-0.2, -0.15) is 31.4 Å². The molecule has 208 valence electrons. The summed E-state index contributed by atoms with van der Waals surface area (Å²) >= 11 is 0. The minimum Gasteiger partial charge on any atom is -0.386 e. The molecule has 17 heteroatoms. The van der Waals surface area contributed by atoms with E-state index in [0.717, 1.165) is 5.01 Å². The minimum absolute atomic E-state index is 0.148. The van der Waals surface area contributed by atoms with E-state index in [9.17, 15) is 49.5 Å². The van der Waals surface area contributed by atoms with Gasteiger partial charge in [0.15, 0.2) is 0 Å². The van der Waals surface area contributed by atoms with Crippen LogP contribution in [-0.4, -0.2) is 61.5 Å². The molecule has 2 amide bonds. The molecule has 1 aliphatic rings. The highest BCUT2D eigenvalue weighted by molar-refractivity contribution is 7.89. The number of fused-ring (bicyclic) bond motifs is 1. The Morgan fingerprint density at radius 3 is 2.11 bits per heavy atom. The average Bonchev–Trinajstić information content (AvgIpc) is 3.19. The van der Waals surface area contributed by atoms with Crippen LogP contribution in [0.5, 0.6) is 0 Å². The van der Waals surface area contributed by atoms with E-state index in [1.54, 1.807) is 0 Å². The molecule has 1 heterocycles. The fraction of sp³-hybridized carbons (Fsp3) is 0.333. The Morgan fingerprint density at radius 1 is 1.03 bits per heavy atom. The lowest BCUT2D eigenvalue weighted by Gasteiger charge is -2.32. The van der Waals surface area contributed by atoms with Crippen molar-refractivity contribution in [1.29, 1.82) is 0 Å². The van der Waals surface area contributed by atoms with Gasteiger partial charge in [0.2, 0.25) is 15.9 Å². The van der Waals surface area contributed by atoms with E-state index >= 15 is 0 Å². The molecule has 1 aliphatic heterocycles. The smallest absolute Gasteiger partial charge is 0.386 e. The summed E-state index contributed by atoms with van der Waals surface area (Å²) < 4.78 is 105. The molecule has 0 radical (unpaired) electrons. The van der Waals surface area contributed by atoms with Crippen molar-refractivity contribution in [3.63, 3.8) is 0 Å². The van der Waals surface area contributed by atoms with Crippen molar-refractivity contribution in [2.75, 3.05) is 19.0 Å². The second-order valence-corrected chi connectivity index (χ2v) is 9.95. The largest absolute Gasteiger partial charge is 0.430 e. The van der Waals surface area contributed by atoms with Crippen molar-refractivity contribution in [3.8, 4) is 0 Å². The van der Waals surface area contributed by atoms with Crippen molar-refractivity contribution in [3.05, 3.63) is 59.2 Å². The summed E-state index contributed by atoms with van der Waals surface area (Å²) in [4.78, 5) is 24.7. The molecule has 10 nitrogen and oxygen atoms in total. The number of nitrogens with zero attached hydrogens (tertiary/aromatic N) is 1. The normalized spacial score (nSPS) is 16.7. The zero-order valence-corrected chi connectivity index (χ0v) is 20.0. The molecule has 0 aliphatic carbocycles. The Kier molecular flexibility index (Phi) is 7.82. The number of amides is 2. The number of anilines is 1.